The number of ether oxygens (including phenoxy) is 1. The van der Waals surface area contributed by atoms with Crippen LogP contribution in [0, 0.1) is 0 Å². The molecule has 2 nitrogen and oxygen atoms in total. The molecule has 0 aliphatic carbocycles. The highest BCUT2D eigenvalue weighted by Crippen LogP contribution is 2.19. The SMILES string of the molecule is CCOC(=O)/C=C(\CBr)c1ccc(Cl)cc1. The van der Waals surface area contributed by atoms with E-state index in [0.717, 1.165) is 11.1 Å². The lowest BCUT2D eigenvalue weighted by Gasteiger charge is -2.04. The van der Waals surface area contributed by atoms with Crippen LogP contribution in [0.2, 0.25) is 5.02 Å². The third-order valence-corrected chi connectivity index (χ3v) is 2.79. The van der Waals surface area contributed by atoms with Crippen molar-refractivity contribution < 1.29 is 9.53 Å². The van der Waals surface area contributed by atoms with Crippen molar-refractivity contribution in [3.63, 3.8) is 0 Å². The minimum atomic E-state index is -0.327. The minimum Gasteiger partial charge on any atom is -0.463 e. The smallest absolute Gasteiger partial charge is 0.331 e. The van der Waals surface area contributed by atoms with Crippen LogP contribution in [0.25, 0.3) is 5.57 Å². The highest BCUT2D eigenvalue weighted by atomic mass is 79.9. The summed E-state index contributed by atoms with van der Waals surface area (Å²) in [6.45, 7) is 2.16. The molecule has 0 heterocycles. The van der Waals surface area contributed by atoms with Gasteiger partial charge in [0.1, 0.15) is 0 Å². The zero-order valence-corrected chi connectivity index (χ0v) is 11.2. The fraction of sp³-hybridized carbons (Fsp3) is 0.250. The number of benzene rings is 1. The van der Waals surface area contributed by atoms with Gasteiger partial charge in [-0.3, -0.25) is 0 Å². The second kappa shape index (κ2) is 6.71. The van der Waals surface area contributed by atoms with Crippen molar-refractivity contribution in [2.24, 2.45) is 0 Å². The third kappa shape index (κ3) is 3.99. The Morgan fingerprint density at radius 1 is 1.44 bits per heavy atom. The second-order valence-electron chi connectivity index (χ2n) is 3.06. The average Bonchev–Trinajstić information content (AvgIpc) is 2.27. The third-order valence-electron chi connectivity index (χ3n) is 1.94. The Bertz CT molecular complexity index is 385. The van der Waals surface area contributed by atoms with E-state index < -0.39 is 0 Å². The van der Waals surface area contributed by atoms with Crippen LogP contribution in [0.4, 0.5) is 0 Å². The second-order valence-corrected chi connectivity index (χ2v) is 4.06. The molecule has 86 valence electrons. The highest BCUT2D eigenvalue weighted by Gasteiger charge is 2.04. The van der Waals surface area contributed by atoms with E-state index in [-0.39, 0.29) is 5.97 Å². The molecule has 0 spiro atoms. The molecule has 0 bridgehead atoms. The Labute approximate surface area is 108 Å². The van der Waals surface area contributed by atoms with Gasteiger partial charge >= 0.3 is 5.97 Å². The Balaban J connectivity index is 2.89. The van der Waals surface area contributed by atoms with Gasteiger partial charge in [-0.2, -0.15) is 0 Å². The molecule has 0 radical (unpaired) electrons. The van der Waals surface area contributed by atoms with Gasteiger partial charge in [0.2, 0.25) is 0 Å². The summed E-state index contributed by atoms with van der Waals surface area (Å²) in [5.41, 5.74) is 1.82. The van der Waals surface area contributed by atoms with Crippen molar-refractivity contribution in [2.75, 3.05) is 11.9 Å². The quantitative estimate of drug-likeness (QED) is 0.482. The molecule has 4 heteroatoms. The van der Waals surface area contributed by atoms with Gasteiger partial charge in [-0.15, -0.1) is 0 Å². The highest BCUT2D eigenvalue weighted by molar-refractivity contribution is 9.09. The van der Waals surface area contributed by atoms with E-state index >= 15 is 0 Å². The van der Waals surface area contributed by atoms with Gasteiger partial charge in [-0.05, 0) is 30.2 Å². The van der Waals surface area contributed by atoms with E-state index in [1.807, 2.05) is 12.1 Å². The summed E-state index contributed by atoms with van der Waals surface area (Å²) in [6, 6.07) is 7.32. The molecule has 0 saturated heterocycles. The number of hydrogen-bond donors (Lipinski definition) is 0. The van der Waals surface area contributed by atoms with Gasteiger partial charge in [-0.1, -0.05) is 39.7 Å². The molecule has 0 aliphatic rings. The Morgan fingerprint density at radius 2 is 2.06 bits per heavy atom. The summed E-state index contributed by atoms with van der Waals surface area (Å²) in [5, 5.41) is 1.27. The number of carbonyl (C=O) groups is 1. The van der Waals surface area contributed by atoms with Crippen LogP contribution in [0.5, 0.6) is 0 Å². The molecule has 16 heavy (non-hydrogen) atoms. The zero-order chi connectivity index (χ0) is 12.0. The Hall–Kier alpha value is -0.800. The first kappa shape index (κ1) is 13.3. The van der Waals surface area contributed by atoms with Crippen LogP contribution < -0.4 is 0 Å². The summed E-state index contributed by atoms with van der Waals surface area (Å²) in [4.78, 5) is 11.3. The predicted molar refractivity (Wildman–Crippen MR) is 69.9 cm³/mol. The van der Waals surface area contributed by atoms with Crippen LogP contribution in [-0.2, 0) is 9.53 Å². The molecule has 0 aromatic heterocycles. The average molecular weight is 304 g/mol. The Morgan fingerprint density at radius 3 is 2.56 bits per heavy atom. The largest absolute Gasteiger partial charge is 0.463 e. The van der Waals surface area contributed by atoms with Crippen molar-refractivity contribution in [2.45, 2.75) is 6.92 Å². The number of hydrogen-bond acceptors (Lipinski definition) is 2. The van der Waals surface area contributed by atoms with Crippen LogP contribution in [0.3, 0.4) is 0 Å². The summed E-state index contributed by atoms with van der Waals surface area (Å²) >= 11 is 9.13. The van der Waals surface area contributed by atoms with Crippen LogP contribution in [0.1, 0.15) is 12.5 Å². The van der Waals surface area contributed by atoms with Gasteiger partial charge in [-0.25, -0.2) is 4.79 Å². The number of allylic oxidation sites excluding steroid dienone is 1. The van der Waals surface area contributed by atoms with Crippen LogP contribution in [-0.4, -0.2) is 17.9 Å². The fourth-order valence-electron chi connectivity index (χ4n) is 1.19. The number of alkyl halides is 1. The standard InChI is InChI=1S/C12H12BrClO2/c1-2-16-12(15)7-10(8-13)9-3-5-11(14)6-4-9/h3-7H,2,8H2,1H3/b10-7+. The van der Waals surface area contributed by atoms with Crippen LogP contribution in [0.15, 0.2) is 30.3 Å². The molecule has 0 aliphatic heterocycles. The van der Waals surface area contributed by atoms with Gasteiger partial charge in [0.25, 0.3) is 0 Å². The molecule has 0 N–H and O–H groups in total. The van der Waals surface area contributed by atoms with Crippen molar-refractivity contribution in [1.29, 1.82) is 0 Å². The number of carbonyl (C=O) groups excluding carboxylic acids is 1. The monoisotopic (exact) mass is 302 g/mol. The maximum atomic E-state index is 11.3. The molecule has 1 aromatic carbocycles. The van der Waals surface area contributed by atoms with Gasteiger partial charge in [0, 0.05) is 16.4 Å². The van der Waals surface area contributed by atoms with Gasteiger partial charge in [0.15, 0.2) is 0 Å². The minimum absolute atomic E-state index is 0.327. The number of esters is 1. The topological polar surface area (TPSA) is 26.3 Å². The van der Waals surface area contributed by atoms with E-state index in [2.05, 4.69) is 15.9 Å². The lowest BCUT2D eigenvalue weighted by atomic mass is 10.1. The molecule has 0 unspecified atom stereocenters. The molecule has 1 rings (SSSR count). The van der Waals surface area contributed by atoms with Crippen molar-refractivity contribution >= 4 is 39.1 Å². The number of halogens is 2. The van der Waals surface area contributed by atoms with Crippen molar-refractivity contribution in [1.82, 2.24) is 0 Å². The summed E-state index contributed by atoms with van der Waals surface area (Å²) in [7, 11) is 0. The van der Waals surface area contributed by atoms with Gasteiger partial charge in [0.05, 0.1) is 6.61 Å². The number of rotatable bonds is 4. The fourth-order valence-corrected chi connectivity index (χ4v) is 1.80. The van der Waals surface area contributed by atoms with E-state index in [4.69, 9.17) is 16.3 Å². The molecule has 0 atom stereocenters. The molecular weight excluding hydrogens is 291 g/mol. The maximum absolute atomic E-state index is 11.3. The van der Waals surface area contributed by atoms with Crippen molar-refractivity contribution in [3.05, 3.63) is 40.9 Å². The van der Waals surface area contributed by atoms with E-state index in [1.165, 1.54) is 6.08 Å². The lowest BCUT2D eigenvalue weighted by Crippen LogP contribution is -2.01. The summed E-state index contributed by atoms with van der Waals surface area (Å²) in [5.74, 6) is -0.327. The molecule has 0 amide bonds. The van der Waals surface area contributed by atoms with E-state index in [1.54, 1.807) is 19.1 Å². The Kier molecular flexibility index (Phi) is 5.56. The lowest BCUT2D eigenvalue weighted by molar-refractivity contribution is -0.137. The van der Waals surface area contributed by atoms with E-state index in [0.29, 0.717) is 17.0 Å². The van der Waals surface area contributed by atoms with E-state index in [9.17, 15) is 4.79 Å². The summed E-state index contributed by atoms with van der Waals surface area (Å²) < 4.78 is 4.86. The summed E-state index contributed by atoms with van der Waals surface area (Å²) in [6.07, 6.45) is 1.49. The maximum Gasteiger partial charge on any atom is 0.331 e. The molecule has 0 fully saturated rings. The molecule has 0 saturated carbocycles. The molecular formula is C12H12BrClO2. The molecule has 1 aromatic rings. The first-order valence-electron chi connectivity index (χ1n) is 4.86. The van der Waals surface area contributed by atoms with Crippen LogP contribution >= 0.6 is 27.5 Å². The zero-order valence-electron chi connectivity index (χ0n) is 8.87. The first-order valence-corrected chi connectivity index (χ1v) is 6.36. The normalized spacial score (nSPS) is 11.3. The van der Waals surface area contributed by atoms with Crippen molar-refractivity contribution in [3.8, 4) is 0 Å². The first-order chi connectivity index (χ1) is 7.67. The van der Waals surface area contributed by atoms with Gasteiger partial charge < -0.3 is 4.74 Å². The predicted octanol–water partition coefficient (Wildman–Crippen LogP) is 3.68.